The highest BCUT2D eigenvalue weighted by atomic mass is 16.1. The Bertz CT molecular complexity index is 281. The lowest BCUT2D eigenvalue weighted by atomic mass is 10.3. The number of aryl methyl sites for hydroxylation is 1. The first-order valence-electron chi connectivity index (χ1n) is 4.09. The van der Waals surface area contributed by atoms with E-state index in [2.05, 4.69) is 15.6 Å². The molecular formula is C9H13N3O. The van der Waals surface area contributed by atoms with Crippen molar-refractivity contribution in [2.45, 2.75) is 6.92 Å². The molecule has 4 heteroatoms. The summed E-state index contributed by atoms with van der Waals surface area (Å²) in [5, 5.41) is 5.42. The second kappa shape index (κ2) is 4.45. The lowest BCUT2D eigenvalue weighted by Crippen LogP contribution is -2.26. The SMILES string of the molecule is CNC(=O)CNc1ccc(C)cn1. The molecule has 1 aromatic heterocycles. The summed E-state index contributed by atoms with van der Waals surface area (Å²) in [5.74, 6) is 0.663. The zero-order chi connectivity index (χ0) is 9.68. The molecular weight excluding hydrogens is 166 g/mol. The average molecular weight is 179 g/mol. The lowest BCUT2D eigenvalue weighted by Gasteiger charge is -2.03. The number of amides is 1. The monoisotopic (exact) mass is 179 g/mol. The summed E-state index contributed by atoms with van der Waals surface area (Å²) in [6.45, 7) is 2.22. The van der Waals surface area contributed by atoms with E-state index < -0.39 is 0 Å². The van der Waals surface area contributed by atoms with Crippen LogP contribution in [0.4, 0.5) is 5.82 Å². The van der Waals surface area contributed by atoms with Crippen LogP contribution in [-0.4, -0.2) is 24.5 Å². The number of hydrogen-bond acceptors (Lipinski definition) is 3. The van der Waals surface area contributed by atoms with Crippen molar-refractivity contribution < 1.29 is 4.79 Å². The number of likely N-dealkylation sites (N-methyl/N-ethyl adjacent to an activating group) is 1. The Kier molecular flexibility index (Phi) is 3.25. The highest BCUT2D eigenvalue weighted by molar-refractivity contribution is 5.79. The van der Waals surface area contributed by atoms with Gasteiger partial charge in [-0.3, -0.25) is 4.79 Å². The largest absolute Gasteiger partial charge is 0.361 e. The van der Waals surface area contributed by atoms with E-state index in [9.17, 15) is 4.79 Å². The number of anilines is 1. The van der Waals surface area contributed by atoms with Crippen LogP contribution < -0.4 is 10.6 Å². The van der Waals surface area contributed by atoms with Gasteiger partial charge in [0.05, 0.1) is 6.54 Å². The molecule has 0 aliphatic carbocycles. The molecule has 0 saturated carbocycles. The van der Waals surface area contributed by atoms with Gasteiger partial charge < -0.3 is 10.6 Å². The second-order valence-corrected chi connectivity index (χ2v) is 2.75. The maximum Gasteiger partial charge on any atom is 0.239 e. The minimum atomic E-state index is -0.0534. The van der Waals surface area contributed by atoms with Crippen molar-refractivity contribution >= 4 is 11.7 Å². The van der Waals surface area contributed by atoms with Gasteiger partial charge in [0, 0.05) is 13.2 Å². The number of rotatable bonds is 3. The molecule has 0 atom stereocenters. The van der Waals surface area contributed by atoms with E-state index in [1.807, 2.05) is 19.1 Å². The average Bonchev–Trinajstić information content (AvgIpc) is 2.16. The van der Waals surface area contributed by atoms with Crippen LogP contribution >= 0.6 is 0 Å². The summed E-state index contributed by atoms with van der Waals surface area (Å²) in [6.07, 6.45) is 1.76. The van der Waals surface area contributed by atoms with Crippen LogP contribution in [0.1, 0.15) is 5.56 Å². The number of aromatic nitrogens is 1. The molecule has 4 nitrogen and oxygen atoms in total. The fraction of sp³-hybridized carbons (Fsp3) is 0.333. The summed E-state index contributed by atoms with van der Waals surface area (Å²) in [5.41, 5.74) is 1.10. The Morgan fingerprint density at radius 1 is 1.54 bits per heavy atom. The zero-order valence-corrected chi connectivity index (χ0v) is 7.79. The fourth-order valence-corrected chi connectivity index (χ4v) is 0.832. The molecule has 70 valence electrons. The molecule has 0 fully saturated rings. The number of hydrogen-bond donors (Lipinski definition) is 2. The highest BCUT2D eigenvalue weighted by Gasteiger charge is 1.97. The molecule has 1 heterocycles. The standard InChI is InChI=1S/C9H13N3O/c1-7-3-4-8(11-5-7)12-6-9(13)10-2/h3-5H,6H2,1-2H3,(H,10,13)(H,11,12). The predicted molar refractivity (Wildman–Crippen MR) is 51.5 cm³/mol. The van der Waals surface area contributed by atoms with Gasteiger partial charge in [0.25, 0.3) is 0 Å². The van der Waals surface area contributed by atoms with E-state index in [4.69, 9.17) is 0 Å². The van der Waals surface area contributed by atoms with Crippen LogP contribution in [0.2, 0.25) is 0 Å². The maximum atomic E-state index is 10.9. The van der Waals surface area contributed by atoms with Gasteiger partial charge in [0.15, 0.2) is 0 Å². The molecule has 0 aromatic carbocycles. The zero-order valence-electron chi connectivity index (χ0n) is 7.79. The highest BCUT2D eigenvalue weighted by Crippen LogP contribution is 2.02. The quantitative estimate of drug-likeness (QED) is 0.712. The van der Waals surface area contributed by atoms with E-state index >= 15 is 0 Å². The van der Waals surface area contributed by atoms with Crippen LogP contribution in [0.5, 0.6) is 0 Å². The smallest absolute Gasteiger partial charge is 0.239 e. The summed E-state index contributed by atoms with van der Waals surface area (Å²) in [6, 6.07) is 3.79. The van der Waals surface area contributed by atoms with Crippen molar-refractivity contribution in [2.75, 3.05) is 18.9 Å². The first kappa shape index (κ1) is 9.51. The Labute approximate surface area is 77.4 Å². The van der Waals surface area contributed by atoms with Crippen molar-refractivity contribution in [3.05, 3.63) is 23.9 Å². The Morgan fingerprint density at radius 2 is 2.31 bits per heavy atom. The Morgan fingerprint density at radius 3 is 2.85 bits per heavy atom. The number of nitrogens with zero attached hydrogens (tertiary/aromatic N) is 1. The molecule has 0 bridgehead atoms. The number of carbonyl (C=O) groups excluding carboxylic acids is 1. The second-order valence-electron chi connectivity index (χ2n) is 2.75. The van der Waals surface area contributed by atoms with Crippen molar-refractivity contribution in [1.82, 2.24) is 10.3 Å². The van der Waals surface area contributed by atoms with E-state index in [0.29, 0.717) is 5.82 Å². The molecule has 0 saturated heterocycles. The predicted octanol–water partition coefficient (Wildman–Crippen LogP) is 0.548. The molecule has 0 aliphatic heterocycles. The van der Waals surface area contributed by atoms with Crippen LogP contribution in [-0.2, 0) is 4.79 Å². The van der Waals surface area contributed by atoms with Gasteiger partial charge in [-0.1, -0.05) is 6.07 Å². The number of carbonyl (C=O) groups is 1. The normalized spacial score (nSPS) is 9.38. The third-order valence-electron chi connectivity index (χ3n) is 1.62. The molecule has 13 heavy (non-hydrogen) atoms. The van der Waals surface area contributed by atoms with Crippen molar-refractivity contribution in [3.63, 3.8) is 0 Å². The van der Waals surface area contributed by atoms with Crippen molar-refractivity contribution in [2.24, 2.45) is 0 Å². The Balaban J connectivity index is 2.46. The van der Waals surface area contributed by atoms with Gasteiger partial charge in [0.2, 0.25) is 5.91 Å². The Hall–Kier alpha value is -1.58. The van der Waals surface area contributed by atoms with E-state index in [1.165, 1.54) is 0 Å². The topological polar surface area (TPSA) is 54.0 Å². The first-order chi connectivity index (χ1) is 6.22. The van der Waals surface area contributed by atoms with Crippen LogP contribution in [0.15, 0.2) is 18.3 Å². The minimum Gasteiger partial charge on any atom is -0.361 e. The number of nitrogens with one attached hydrogen (secondary N) is 2. The van der Waals surface area contributed by atoms with Crippen molar-refractivity contribution in [3.8, 4) is 0 Å². The van der Waals surface area contributed by atoms with Gasteiger partial charge in [-0.15, -0.1) is 0 Å². The van der Waals surface area contributed by atoms with Gasteiger partial charge in [0.1, 0.15) is 5.82 Å². The summed E-state index contributed by atoms with van der Waals surface area (Å²) in [4.78, 5) is 14.9. The summed E-state index contributed by atoms with van der Waals surface area (Å²) >= 11 is 0. The number of pyridine rings is 1. The van der Waals surface area contributed by atoms with Crippen LogP contribution in [0.25, 0.3) is 0 Å². The first-order valence-corrected chi connectivity index (χ1v) is 4.09. The molecule has 0 unspecified atom stereocenters. The third kappa shape index (κ3) is 3.11. The van der Waals surface area contributed by atoms with Crippen LogP contribution in [0.3, 0.4) is 0 Å². The fourth-order valence-electron chi connectivity index (χ4n) is 0.832. The molecule has 0 aliphatic rings. The molecule has 1 amide bonds. The molecule has 1 rings (SSSR count). The third-order valence-corrected chi connectivity index (χ3v) is 1.62. The molecule has 2 N–H and O–H groups in total. The van der Waals surface area contributed by atoms with Gasteiger partial charge in [-0.05, 0) is 18.6 Å². The van der Waals surface area contributed by atoms with E-state index in [1.54, 1.807) is 13.2 Å². The van der Waals surface area contributed by atoms with Gasteiger partial charge in [-0.2, -0.15) is 0 Å². The summed E-state index contributed by atoms with van der Waals surface area (Å²) < 4.78 is 0. The van der Waals surface area contributed by atoms with Crippen LogP contribution in [0, 0.1) is 6.92 Å². The molecule has 1 aromatic rings. The van der Waals surface area contributed by atoms with E-state index in [-0.39, 0.29) is 12.5 Å². The van der Waals surface area contributed by atoms with E-state index in [0.717, 1.165) is 5.56 Å². The van der Waals surface area contributed by atoms with Crippen molar-refractivity contribution in [1.29, 1.82) is 0 Å². The summed E-state index contributed by atoms with van der Waals surface area (Å²) in [7, 11) is 1.60. The minimum absolute atomic E-state index is 0.0534. The van der Waals surface area contributed by atoms with Gasteiger partial charge in [-0.25, -0.2) is 4.98 Å². The molecule has 0 radical (unpaired) electrons. The maximum absolute atomic E-state index is 10.9. The van der Waals surface area contributed by atoms with Gasteiger partial charge >= 0.3 is 0 Å². The lowest BCUT2D eigenvalue weighted by molar-refractivity contribution is -0.118. The molecule has 0 spiro atoms.